The number of hydrogen-bond donors (Lipinski definition) is 0. The third-order valence-electron chi connectivity index (χ3n) is 5.08. The van der Waals surface area contributed by atoms with E-state index >= 15 is 0 Å². The van der Waals surface area contributed by atoms with E-state index in [-0.39, 0.29) is 16.5 Å². The van der Waals surface area contributed by atoms with E-state index in [2.05, 4.69) is 29.0 Å². The van der Waals surface area contributed by atoms with E-state index < -0.39 is 27.9 Å². The molecule has 0 saturated carbocycles. The lowest BCUT2D eigenvalue weighted by atomic mass is 10.2. The van der Waals surface area contributed by atoms with Gasteiger partial charge in [0.1, 0.15) is 11.5 Å². The molecule has 0 heterocycles. The molecular formula is C27H20F2O6S2. The van der Waals surface area contributed by atoms with Crippen molar-refractivity contribution >= 4 is 27.0 Å². The van der Waals surface area contributed by atoms with Crippen LogP contribution >= 0.6 is 0 Å². The SMILES string of the molecule is O=C(OCC(F)(F)S(=O)(=O)[O-])c1ccc(Oc2ccc([S+](c3ccccc3)c3ccccc3)cc2)cc1. The maximum atomic E-state index is 13.2. The van der Waals surface area contributed by atoms with Crippen molar-refractivity contribution in [3.05, 3.63) is 115 Å². The van der Waals surface area contributed by atoms with Crippen LogP contribution in [-0.4, -0.2) is 30.8 Å². The monoisotopic (exact) mass is 542 g/mol. The van der Waals surface area contributed by atoms with E-state index in [1.54, 1.807) is 0 Å². The maximum Gasteiger partial charge on any atom is 0.367 e. The van der Waals surface area contributed by atoms with Crippen molar-refractivity contribution < 1.29 is 36.0 Å². The quantitative estimate of drug-likeness (QED) is 0.149. The Labute approximate surface area is 215 Å². The van der Waals surface area contributed by atoms with Gasteiger partial charge in [-0.2, -0.15) is 8.78 Å². The summed E-state index contributed by atoms with van der Waals surface area (Å²) >= 11 is 0. The van der Waals surface area contributed by atoms with Crippen LogP contribution in [0.3, 0.4) is 0 Å². The lowest BCUT2D eigenvalue weighted by Crippen LogP contribution is -2.34. The van der Waals surface area contributed by atoms with E-state index in [1.165, 1.54) is 34.1 Å². The van der Waals surface area contributed by atoms with Crippen LogP contribution in [0.4, 0.5) is 8.78 Å². The highest BCUT2D eigenvalue weighted by atomic mass is 32.2. The highest BCUT2D eigenvalue weighted by Crippen LogP contribution is 2.33. The Bertz CT molecular complexity index is 1410. The minimum atomic E-state index is -5.94. The summed E-state index contributed by atoms with van der Waals surface area (Å²) in [6.45, 7) is -1.87. The van der Waals surface area contributed by atoms with Gasteiger partial charge in [0, 0.05) is 0 Å². The Kier molecular flexibility index (Phi) is 7.91. The third-order valence-corrected chi connectivity index (χ3v) is 8.16. The van der Waals surface area contributed by atoms with Gasteiger partial charge in [0.25, 0.3) is 0 Å². The Morgan fingerprint density at radius 1 is 0.730 bits per heavy atom. The summed E-state index contributed by atoms with van der Waals surface area (Å²) in [5.74, 6) is -0.279. The predicted octanol–water partition coefficient (Wildman–Crippen LogP) is 5.87. The van der Waals surface area contributed by atoms with Crippen molar-refractivity contribution in [2.75, 3.05) is 6.61 Å². The summed E-state index contributed by atoms with van der Waals surface area (Å²) in [7, 11) is -6.25. The van der Waals surface area contributed by atoms with Gasteiger partial charge in [-0.1, -0.05) is 36.4 Å². The average molecular weight is 543 g/mol. The summed E-state index contributed by atoms with van der Waals surface area (Å²) in [5, 5.41) is -4.71. The van der Waals surface area contributed by atoms with Crippen LogP contribution in [0.1, 0.15) is 10.4 Å². The maximum absolute atomic E-state index is 13.2. The number of ether oxygens (including phenoxy) is 2. The van der Waals surface area contributed by atoms with Crippen molar-refractivity contribution in [1.29, 1.82) is 0 Å². The van der Waals surface area contributed by atoms with Gasteiger partial charge in [-0.05, 0) is 72.8 Å². The smallest absolute Gasteiger partial charge is 0.367 e. The number of alkyl halides is 2. The Hall–Kier alpha value is -3.73. The van der Waals surface area contributed by atoms with Crippen LogP contribution in [0.25, 0.3) is 0 Å². The van der Waals surface area contributed by atoms with Gasteiger partial charge in [0.05, 0.1) is 16.5 Å². The number of halogens is 2. The molecular weight excluding hydrogens is 522 g/mol. The Balaban J connectivity index is 1.45. The van der Waals surface area contributed by atoms with Gasteiger partial charge >= 0.3 is 11.2 Å². The molecule has 0 bridgehead atoms. The van der Waals surface area contributed by atoms with Gasteiger partial charge in [0.15, 0.2) is 31.4 Å². The van der Waals surface area contributed by atoms with E-state index in [0.29, 0.717) is 11.5 Å². The molecule has 0 spiro atoms. The molecule has 0 aliphatic rings. The Morgan fingerprint density at radius 2 is 1.16 bits per heavy atom. The fourth-order valence-electron chi connectivity index (χ4n) is 3.27. The molecule has 0 saturated heterocycles. The predicted molar refractivity (Wildman–Crippen MR) is 133 cm³/mol. The van der Waals surface area contributed by atoms with E-state index in [0.717, 1.165) is 4.90 Å². The number of carbonyl (C=O) groups excluding carboxylic acids is 1. The highest BCUT2D eigenvalue weighted by molar-refractivity contribution is 7.97. The molecule has 0 unspecified atom stereocenters. The lowest BCUT2D eigenvalue weighted by Gasteiger charge is -2.19. The first kappa shape index (κ1) is 26.3. The molecule has 0 amide bonds. The molecule has 0 fully saturated rings. The van der Waals surface area contributed by atoms with Crippen molar-refractivity contribution in [2.45, 2.75) is 19.9 Å². The molecule has 4 aromatic carbocycles. The number of rotatable bonds is 9. The van der Waals surface area contributed by atoms with Gasteiger partial charge in [-0.15, -0.1) is 0 Å². The number of hydrogen-bond acceptors (Lipinski definition) is 6. The lowest BCUT2D eigenvalue weighted by molar-refractivity contribution is -0.00997. The number of benzene rings is 4. The van der Waals surface area contributed by atoms with Crippen LogP contribution in [-0.2, 0) is 25.7 Å². The third kappa shape index (κ3) is 6.53. The molecule has 0 N–H and O–H groups in total. The fraction of sp³-hybridized carbons (Fsp3) is 0.0741. The van der Waals surface area contributed by atoms with Gasteiger partial charge < -0.3 is 14.0 Å². The summed E-state index contributed by atoms with van der Waals surface area (Å²) in [4.78, 5) is 15.4. The summed E-state index contributed by atoms with van der Waals surface area (Å²) in [5.41, 5.74) is -0.114. The van der Waals surface area contributed by atoms with Crippen molar-refractivity contribution in [2.24, 2.45) is 0 Å². The molecule has 0 aliphatic heterocycles. The minimum absolute atomic E-state index is 0.114. The van der Waals surface area contributed by atoms with Crippen LogP contribution in [0.5, 0.6) is 11.5 Å². The second-order valence-electron chi connectivity index (χ2n) is 7.70. The molecule has 190 valence electrons. The topological polar surface area (TPSA) is 92.7 Å². The minimum Gasteiger partial charge on any atom is -0.743 e. The van der Waals surface area contributed by atoms with Crippen molar-refractivity contribution in [3.8, 4) is 11.5 Å². The van der Waals surface area contributed by atoms with Gasteiger partial charge in [0.2, 0.25) is 0 Å². The first-order valence-corrected chi connectivity index (χ1v) is 13.5. The number of esters is 1. The molecule has 0 aromatic heterocycles. The first-order valence-electron chi connectivity index (χ1n) is 10.9. The van der Waals surface area contributed by atoms with Gasteiger partial charge in [-0.25, -0.2) is 13.2 Å². The molecule has 0 radical (unpaired) electrons. The van der Waals surface area contributed by atoms with Crippen LogP contribution in [0.2, 0.25) is 0 Å². The standard InChI is InChI=1S/C27H20F2O6S2/c28-27(29,37(31,32)33)19-34-26(30)20-11-13-21(14-12-20)35-22-15-17-25(18-16-22)36(23-7-3-1-4-8-23)24-9-5-2-6-10-24/h1-18H,19H2. The van der Waals surface area contributed by atoms with E-state index in [9.17, 15) is 26.5 Å². The summed E-state index contributed by atoms with van der Waals surface area (Å²) in [6.07, 6.45) is 0. The highest BCUT2D eigenvalue weighted by Gasteiger charge is 2.39. The molecule has 0 atom stereocenters. The summed E-state index contributed by atoms with van der Waals surface area (Å²) < 4.78 is 68.0. The van der Waals surface area contributed by atoms with E-state index in [4.69, 9.17) is 4.74 Å². The average Bonchev–Trinajstić information content (AvgIpc) is 2.89. The molecule has 0 aliphatic carbocycles. The molecule has 10 heteroatoms. The normalized spacial score (nSPS) is 11.8. The van der Waals surface area contributed by atoms with Crippen LogP contribution in [0.15, 0.2) is 124 Å². The molecule has 4 aromatic rings. The van der Waals surface area contributed by atoms with Crippen LogP contribution in [0, 0.1) is 0 Å². The van der Waals surface area contributed by atoms with Crippen LogP contribution < -0.4 is 4.74 Å². The second-order valence-corrected chi connectivity index (χ2v) is 11.2. The molecule has 4 rings (SSSR count). The molecule has 37 heavy (non-hydrogen) atoms. The van der Waals surface area contributed by atoms with E-state index in [1.807, 2.05) is 60.7 Å². The largest absolute Gasteiger partial charge is 0.743 e. The first-order chi connectivity index (χ1) is 17.6. The van der Waals surface area contributed by atoms with Crippen molar-refractivity contribution in [3.63, 3.8) is 0 Å². The zero-order valence-corrected chi connectivity index (χ0v) is 20.8. The Morgan fingerprint density at radius 3 is 1.62 bits per heavy atom. The zero-order valence-electron chi connectivity index (χ0n) is 19.1. The summed E-state index contributed by atoms with van der Waals surface area (Å²) in [6, 6.07) is 33.4. The van der Waals surface area contributed by atoms with Gasteiger partial charge in [-0.3, -0.25) is 0 Å². The zero-order chi connectivity index (χ0) is 26.5. The second kappa shape index (κ2) is 11.1. The number of carbonyl (C=O) groups is 1. The fourth-order valence-corrected chi connectivity index (χ4v) is 5.55. The molecule has 6 nitrogen and oxygen atoms in total. The van der Waals surface area contributed by atoms with Crippen molar-refractivity contribution in [1.82, 2.24) is 0 Å².